The van der Waals surface area contributed by atoms with E-state index in [0.29, 0.717) is 43.0 Å². The minimum atomic E-state index is -3.75. The van der Waals surface area contributed by atoms with Crippen LogP contribution in [0.5, 0.6) is 5.75 Å². The Hall–Kier alpha value is -2.21. The van der Waals surface area contributed by atoms with Gasteiger partial charge in [-0.25, -0.2) is 8.42 Å². The summed E-state index contributed by atoms with van der Waals surface area (Å²) in [6, 6.07) is 4.43. The van der Waals surface area contributed by atoms with Gasteiger partial charge in [-0.2, -0.15) is 4.31 Å². The largest absolute Gasteiger partial charge is 0.482 e. The number of ether oxygens (including phenoxy) is 2. The zero-order chi connectivity index (χ0) is 25.0. The molecule has 3 aliphatic heterocycles. The molecule has 3 heterocycles. The van der Waals surface area contributed by atoms with Gasteiger partial charge in [0, 0.05) is 32.7 Å². The summed E-state index contributed by atoms with van der Waals surface area (Å²) in [5.41, 5.74) is 0.294. The first-order chi connectivity index (χ1) is 16.7. The van der Waals surface area contributed by atoms with E-state index < -0.39 is 10.0 Å². The molecule has 1 aromatic rings. The van der Waals surface area contributed by atoms with Crippen LogP contribution in [0.15, 0.2) is 23.1 Å². The number of fused-ring (bicyclic) bond motifs is 1. The Morgan fingerprint density at radius 2 is 1.86 bits per heavy atom. The van der Waals surface area contributed by atoms with Gasteiger partial charge in [0.15, 0.2) is 6.61 Å². The molecule has 11 heteroatoms. The van der Waals surface area contributed by atoms with Crippen LogP contribution in [-0.4, -0.2) is 95.1 Å². The topological polar surface area (TPSA) is 108 Å². The van der Waals surface area contributed by atoms with Crippen LogP contribution in [0.1, 0.15) is 26.7 Å². The number of piperidine rings is 1. The summed E-state index contributed by atoms with van der Waals surface area (Å²) in [6.07, 6.45) is 2.10. The zero-order valence-electron chi connectivity index (χ0n) is 20.6. The Labute approximate surface area is 207 Å². The van der Waals surface area contributed by atoms with Gasteiger partial charge < -0.3 is 19.7 Å². The van der Waals surface area contributed by atoms with Crippen molar-refractivity contribution in [3.05, 3.63) is 18.2 Å². The first-order valence-corrected chi connectivity index (χ1v) is 13.8. The maximum absolute atomic E-state index is 13.1. The summed E-state index contributed by atoms with van der Waals surface area (Å²) in [5, 5.41) is 2.90. The van der Waals surface area contributed by atoms with Crippen molar-refractivity contribution < 1.29 is 27.5 Å². The van der Waals surface area contributed by atoms with E-state index in [1.165, 1.54) is 27.8 Å². The van der Waals surface area contributed by atoms with E-state index in [-0.39, 0.29) is 43.0 Å². The van der Waals surface area contributed by atoms with Crippen LogP contribution in [0.3, 0.4) is 0 Å². The molecule has 2 atom stereocenters. The lowest BCUT2D eigenvalue weighted by atomic mass is 9.92. The predicted molar refractivity (Wildman–Crippen MR) is 131 cm³/mol. The third kappa shape index (κ3) is 6.32. The molecule has 0 saturated carbocycles. The van der Waals surface area contributed by atoms with Gasteiger partial charge in [0.1, 0.15) is 12.3 Å². The first kappa shape index (κ1) is 25.9. The first-order valence-electron chi connectivity index (χ1n) is 12.4. The molecule has 10 nitrogen and oxygen atoms in total. The molecular weight excluding hydrogens is 472 g/mol. The highest BCUT2D eigenvalue weighted by Crippen LogP contribution is 2.35. The fraction of sp³-hybridized carbons (Fsp3) is 0.667. The van der Waals surface area contributed by atoms with Crippen molar-refractivity contribution in [2.75, 3.05) is 70.5 Å². The van der Waals surface area contributed by atoms with Gasteiger partial charge in [0.2, 0.25) is 15.9 Å². The molecule has 2 amide bonds. The van der Waals surface area contributed by atoms with Crippen molar-refractivity contribution in [1.82, 2.24) is 14.5 Å². The van der Waals surface area contributed by atoms with E-state index in [4.69, 9.17) is 9.47 Å². The fourth-order valence-electron chi connectivity index (χ4n) is 5.16. The minimum Gasteiger partial charge on any atom is -0.482 e. The number of nitrogens with one attached hydrogen (secondary N) is 1. The SMILES string of the molecule is C[C@@H]1C[C@@H](C)CN(CCCNC(=O)CN2C(=O)COc3ccc(S(=O)(=O)N4CCOCC4)cc32)C1. The summed E-state index contributed by atoms with van der Waals surface area (Å²) in [5.74, 6) is 1.10. The van der Waals surface area contributed by atoms with Gasteiger partial charge in [-0.15, -0.1) is 0 Å². The molecule has 2 fully saturated rings. The van der Waals surface area contributed by atoms with Crippen molar-refractivity contribution >= 4 is 27.5 Å². The second-order valence-electron chi connectivity index (χ2n) is 9.82. The summed E-state index contributed by atoms with van der Waals surface area (Å²) >= 11 is 0. The molecule has 0 aromatic heterocycles. The second kappa shape index (κ2) is 11.2. The van der Waals surface area contributed by atoms with Gasteiger partial charge in [0.25, 0.3) is 5.91 Å². The Morgan fingerprint density at radius 3 is 2.57 bits per heavy atom. The zero-order valence-corrected chi connectivity index (χ0v) is 21.4. The Morgan fingerprint density at radius 1 is 1.14 bits per heavy atom. The third-order valence-corrected chi connectivity index (χ3v) is 8.60. The Kier molecular flexibility index (Phi) is 8.31. The van der Waals surface area contributed by atoms with Crippen LogP contribution >= 0.6 is 0 Å². The predicted octanol–water partition coefficient (Wildman–Crippen LogP) is 0.917. The molecule has 0 radical (unpaired) electrons. The lowest BCUT2D eigenvalue weighted by molar-refractivity contribution is -0.125. The van der Waals surface area contributed by atoms with Crippen LogP contribution < -0.4 is 15.0 Å². The number of sulfonamides is 1. The standard InChI is InChI=1S/C24H36N4O6S/c1-18-12-19(2)15-26(14-18)7-3-6-25-23(29)16-28-21-13-20(4-5-22(21)34-17-24(28)30)35(31,32)27-8-10-33-11-9-27/h4-5,13,18-19H,3,6-12,14-17H2,1-2H3,(H,25,29)/t18-,19-/m1/s1. The van der Waals surface area contributed by atoms with Crippen LogP contribution in [0, 0.1) is 11.8 Å². The molecule has 1 N–H and O–H groups in total. The smallest absolute Gasteiger partial charge is 0.265 e. The second-order valence-corrected chi connectivity index (χ2v) is 11.8. The molecule has 35 heavy (non-hydrogen) atoms. The van der Waals surface area contributed by atoms with Crippen LogP contribution in [0.2, 0.25) is 0 Å². The van der Waals surface area contributed by atoms with E-state index in [1.807, 2.05) is 0 Å². The molecule has 2 saturated heterocycles. The maximum atomic E-state index is 13.1. The number of rotatable bonds is 8. The maximum Gasteiger partial charge on any atom is 0.265 e. The van der Waals surface area contributed by atoms with Crippen molar-refractivity contribution in [1.29, 1.82) is 0 Å². The van der Waals surface area contributed by atoms with E-state index in [1.54, 1.807) is 6.07 Å². The molecule has 0 spiro atoms. The Bertz CT molecular complexity index is 1020. The fourth-order valence-corrected chi connectivity index (χ4v) is 6.58. The monoisotopic (exact) mass is 508 g/mol. The van der Waals surface area contributed by atoms with E-state index in [9.17, 15) is 18.0 Å². The quantitative estimate of drug-likeness (QED) is 0.520. The van der Waals surface area contributed by atoms with Crippen molar-refractivity contribution in [2.45, 2.75) is 31.6 Å². The molecule has 0 bridgehead atoms. The van der Waals surface area contributed by atoms with E-state index in [2.05, 4.69) is 24.1 Å². The molecule has 1 aromatic carbocycles. The number of carbonyl (C=O) groups is 2. The van der Waals surface area contributed by atoms with E-state index >= 15 is 0 Å². The molecule has 194 valence electrons. The summed E-state index contributed by atoms with van der Waals surface area (Å²) in [6.45, 7) is 9.04. The van der Waals surface area contributed by atoms with Crippen LogP contribution in [0.25, 0.3) is 0 Å². The van der Waals surface area contributed by atoms with Gasteiger partial charge >= 0.3 is 0 Å². The lowest BCUT2D eigenvalue weighted by Gasteiger charge is -2.35. The number of carbonyl (C=O) groups excluding carboxylic acids is 2. The number of hydrogen-bond acceptors (Lipinski definition) is 7. The van der Waals surface area contributed by atoms with Gasteiger partial charge in [0.05, 0.1) is 23.8 Å². The summed E-state index contributed by atoms with van der Waals surface area (Å²) < 4.78 is 38.2. The summed E-state index contributed by atoms with van der Waals surface area (Å²) in [4.78, 5) is 29.1. The van der Waals surface area contributed by atoms with Crippen molar-refractivity contribution in [3.8, 4) is 5.75 Å². The number of hydrogen-bond donors (Lipinski definition) is 1. The average Bonchev–Trinajstić information content (AvgIpc) is 2.83. The Balaban J connectivity index is 1.36. The lowest BCUT2D eigenvalue weighted by Crippen LogP contribution is -2.46. The van der Waals surface area contributed by atoms with Crippen molar-refractivity contribution in [2.24, 2.45) is 11.8 Å². The van der Waals surface area contributed by atoms with Gasteiger partial charge in [-0.3, -0.25) is 14.5 Å². The van der Waals surface area contributed by atoms with Crippen LogP contribution in [-0.2, 0) is 24.3 Å². The highest BCUT2D eigenvalue weighted by molar-refractivity contribution is 7.89. The van der Waals surface area contributed by atoms with Gasteiger partial charge in [-0.1, -0.05) is 13.8 Å². The summed E-state index contributed by atoms with van der Waals surface area (Å²) in [7, 11) is -3.75. The van der Waals surface area contributed by atoms with E-state index in [0.717, 1.165) is 26.1 Å². The highest BCUT2D eigenvalue weighted by atomic mass is 32.2. The minimum absolute atomic E-state index is 0.0619. The average molecular weight is 509 g/mol. The third-order valence-electron chi connectivity index (χ3n) is 6.70. The normalized spacial score (nSPS) is 24.1. The highest BCUT2D eigenvalue weighted by Gasteiger charge is 2.32. The van der Waals surface area contributed by atoms with Crippen molar-refractivity contribution in [3.63, 3.8) is 0 Å². The molecule has 0 unspecified atom stereocenters. The number of amides is 2. The number of likely N-dealkylation sites (tertiary alicyclic amines) is 1. The number of anilines is 1. The molecule has 4 rings (SSSR count). The molecule has 3 aliphatic rings. The molecule has 0 aliphatic carbocycles. The number of benzene rings is 1. The van der Waals surface area contributed by atoms with Crippen LogP contribution in [0.4, 0.5) is 5.69 Å². The van der Waals surface area contributed by atoms with Gasteiger partial charge in [-0.05, 0) is 49.4 Å². The number of nitrogens with zero attached hydrogens (tertiary/aromatic N) is 3. The molecular formula is C24H36N4O6S. The number of morpholine rings is 1.